The molecule has 4 aliphatic rings. The van der Waals surface area contributed by atoms with Crippen LogP contribution < -0.4 is 18.3 Å². The molecule has 4 aliphatic carbocycles. The lowest BCUT2D eigenvalue weighted by Crippen LogP contribution is -2.30. The fourth-order valence-corrected chi connectivity index (χ4v) is 15.9. The van der Waals surface area contributed by atoms with Crippen molar-refractivity contribution in [3.63, 3.8) is 0 Å². The first kappa shape index (κ1) is 58.4. The van der Waals surface area contributed by atoms with E-state index in [0.29, 0.717) is 18.1 Å². The van der Waals surface area contributed by atoms with E-state index in [2.05, 4.69) is 319 Å². The largest absolute Gasteiger partial charge is 0.212 e. The standard InChI is InChI=1S/C23H24N.3C22H22N/c1-15-9-8-10-17-19-13-16(2)18(21-11-6-7-12-24(21)5)14-20(19)23(3,4)22(15)17;3*1-15-13-18-16-9-5-6-10-19(16)22(2,3)20(18)14-17(15)21-11-7-8-12-23(21)4/h6-14H,1-5H3;3*5-14H,1-4H3/q4*+1/i;9D;6D;5D. The van der Waals surface area contributed by atoms with E-state index < -0.39 is 0 Å². The van der Waals surface area contributed by atoms with Crippen molar-refractivity contribution >= 4 is 0 Å². The van der Waals surface area contributed by atoms with E-state index in [-0.39, 0.29) is 21.7 Å². The van der Waals surface area contributed by atoms with E-state index in [9.17, 15) is 0 Å². The SMILES string of the molecule is Cc1cc2c(cc1-c1cccc[n+]1C)C(C)(C)c1c(C)cccc1-2.[2H]c1ccc2c(c1)-c1cc(C)c(-c3cccc[n+]3C)cc1C2(C)C.[2H]c1ccc2c(c1)C(C)(C)c1cc(-c3cccc[n+]3C)c(C)cc1-2.[2H]c1cccc2c1-c1cc(C)c(-c3cccc[n+]3C)cc1C2(C)C. The maximum absolute atomic E-state index is 8.38. The number of fused-ring (bicyclic) bond motifs is 12. The summed E-state index contributed by atoms with van der Waals surface area (Å²) in [7, 11) is 8.39. The molecular weight excluding hydrogens is 1130 g/mol. The van der Waals surface area contributed by atoms with Gasteiger partial charge in [-0.05, 0) is 200 Å². The summed E-state index contributed by atoms with van der Waals surface area (Å²) in [6.07, 6.45) is 8.39. The molecule has 4 heteroatoms. The molecule has 462 valence electrons. The predicted octanol–water partition coefficient (Wildman–Crippen LogP) is 19.5. The molecule has 16 rings (SSSR count). The van der Waals surface area contributed by atoms with Crippen molar-refractivity contribution in [3.8, 4) is 89.5 Å². The Kier molecular flexibility index (Phi) is 14.8. The molecule has 4 aromatic heterocycles. The Bertz CT molecular complexity index is 5140. The first-order valence-corrected chi connectivity index (χ1v) is 33.0. The van der Waals surface area contributed by atoms with Crippen LogP contribution in [0.4, 0.5) is 0 Å². The Morgan fingerprint density at radius 1 is 0.247 bits per heavy atom. The van der Waals surface area contributed by atoms with Crippen LogP contribution in [0.15, 0.2) is 237 Å². The fraction of sp³-hybridized carbons (Fsp3) is 0.236. The van der Waals surface area contributed by atoms with Crippen LogP contribution in [0, 0.1) is 34.6 Å². The van der Waals surface area contributed by atoms with Gasteiger partial charge in [0.25, 0.3) is 0 Å². The van der Waals surface area contributed by atoms with E-state index in [0.717, 1.165) is 5.56 Å². The molecule has 0 N–H and O–H groups in total. The molecule has 0 unspecified atom stereocenters. The molecule has 93 heavy (non-hydrogen) atoms. The van der Waals surface area contributed by atoms with Gasteiger partial charge in [-0.2, -0.15) is 0 Å². The Hall–Kier alpha value is -9.64. The molecule has 0 aliphatic heterocycles. The third-order valence-corrected chi connectivity index (χ3v) is 21.1. The minimum atomic E-state index is -0.0719. The normalized spacial score (nSPS) is 14.9. The minimum Gasteiger partial charge on any atom is -0.201 e. The van der Waals surface area contributed by atoms with Crippen molar-refractivity contribution in [1.82, 2.24) is 0 Å². The van der Waals surface area contributed by atoms with E-state index in [1.165, 1.54) is 156 Å². The van der Waals surface area contributed by atoms with Crippen LogP contribution in [0.3, 0.4) is 0 Å². The van der Waals surface area contributed by atoms with Gasteiger partial charge >= 0.3 is 0 Å². The lowest BCUT2D eigenvalue weighted by atomic mass is 9.79. The van der Waals surface area contributed by atoms with Gasteiger partial charge in [0, 0.05) is 92.4 Å². The lowest BCUT2D eigenvalue weighted by molar-refractivity contribution is -0.660. The second-order valence-corrected chi connectivity index (χ2v) is 28.5. The molecule has 0 atom stereocenters. The summed E-state index contributed by atoms with van der Waals surface area (Å²) in [5, 5.41) is 0. The van der Waals surface area contributed by atoms with Crippen molar-refractivity contribution in [3.05, 3.63) is 309 Å². The van der Waals surface area contributed by atoms with Crippen LogP contribution in [-0.4, -0.2) is 0 Å². The van der Waals surface area contributed by atoms with Crippen LogP contribution in [0.5, 0.6) is 0 Å². The van der Waals surface area contributed by atoms with Crippen molar-refractivity contribution in [2.45, 2.75) is 112 Å². The van der Waals surface area contributed by atoms with Crippen molar-refractivity contribution in [1.29, 1.82) is 0 Å². The average Bonchev–Trinajstić information content (AvgIpc) is 1.59. The zero-order valence-electron chi connectivity index (χ0n) is 60.6. The van der Waals surface area contributed by atoms with Crippen LogP contribution in [0.1, 0.15) is 132 Å². The van der Waals surface area contributed by atoms with Gasteiger partial charge in [-0.1, -0.05) is 171 Å². The molecule has 0 saturated heterocycles. The molecule has 0 spiro atoms. The molecule has 12 aromatic rings. The van der Waals surface area contributed by atoms with Crippen LogP contribution in [-0.2, 0) is 49.9 Å². The second kappa shape index (κ2) is 23.5. The van der Waals surface area contributed by atoms with Gasteiger partial charge in [0.15, 0.2) is 24.8 Å². The summed E-state index contributed by atoms with van der Waals surface area (Å²) in [6, 6.07) is 70.6. The number of hydrogen-bond donors (Lipinski definition) is 0. The summed E-state index contributed by atoms with van der Waals surface area (Å²) >= 11 is 0. The number of aryl methyl sites for hydroxylation is 9. The van der Waals surface area contributed by atoms with Crippen molar-refractivity contribution in [2.75, 3.05) is 0 Å². The number of pyridine rings is 4. The summed E-state index contributed by atoms with van der Waals surface area (Å²) in [5.74, 6) is 0. The molecule has 8 aromatic carbocycles. The summed E-state index contributed by atoms with van der Waals surface area (Å²) < 4.78 is 33.1. The van der Waals surface area contributed by atoms with E-state index in [4.69, 9.17) is 4.11 Å². The first-order chi connectivity index (χ1) is 45.6. The Labute approximate surface area is 558 Å². The Morgan fingerprint density at radius 2 is 0.570 bits per heavy atom. The molecule has 0 fully saturated rings. The van der Waals surface area contributed by atoms with E-state index >= 15 is 0 Å². The van der Waals surface area contributed by atoms with Gasteiger partial charge in [-0.3, -0.25) is 0 Å². The minimum absolute atomic E-state index is 0.0336. The van der Waals surface area contributed by atoms with E-state index in [1.807, 2.05) is 36.4 Å². The van der Waals surface area contributed by atoms with Crippen molar-refractivity contribution < 1.29 is 22.4 Å². The monoisotopic (exact) mass is 1220 g/mol. The topological polar surface area (TPSA) is 15.5 Å². The van der Waals surface area contributed by atoms with Gasteiger partial charge < -0.3 is 0 Å². The summed E-state index contributed by atoms with van der Waals surface area (Å²) in [6.45, 7) is 29.3. The predicted molar refractivity (Wildman–Crippen MR) is 386 cm³/mol. The quantitative estimate of drug-likeness (QED) is 0.156. The van der Waals surface area contributed by atoms with Gasteiger partial charge in [0.1, 0.15) is 28.2 Å². The number of benzene rings is 8. The molecule has 4 nitrogen and oxygen atoms in total. The number of rotatable bonds is 4. The van der Waals surface area contributed by atoms with E-state index in [1.54, 1.807) is 0 Å². The van der Waals surface area contributed by atoms with Crippen molar-refractivity contribution in [2.24, 2.45) is 28.2 Å². The number of hydrogen-bond acceptors (Lipinski definition) is 0. The highest BCUT2D eigenvalue weighted by molar-refractivity contribution is 5.88. The van der Waals surface area contributed by atoms with Crippen LogP contribution in [0.25, 0.3) is 89.5 Å². The number of aromatic nitrogens is 4. The molecular formula is C89H90N4+4. The lowest BCUT2D eigenvalue weighted by Gasteiger charge is -2.23. The third kappa shape index (κ3) is 10.5. The maximum Gasteiger partial charge on any atom is 0.212 e. The first-order valence-electron chi connectivity index (χ1n) is 34.5. The zero-order valence-corrected chi connectivity index (χ0v) is 57.6. The average molecular weight is 1220 g/mol. The Morgan fingerprint density at radius 3 is 1.00 bits per heavy atom. The maximum atomic E-state index is 8.38. The molecule has 0 saturated carbocycles. The molecule has 0 radical (unpaired) electrons. The van der Waals surface area contributed by atoms with Gasteiger partial charge in [0.2, 0.25) is 22.8 Å². The highest BCUT2D eigenvalue weighted by Gasteiger charge is 2.41. The van der Waals surface area contributed by atoms with Crippen LogP contribution >= 0.6 is 0 Å². The number of nitrogens with zero attached hydrogens (tertiary/aromatic N) is 4. The van der Waals surface area contributed by atoms with Gasteiger partial charge in [-0.15, -0.1) is 0 Å². The zero-order chi connectivity index (χ0) is 68.2. The molecule has 0 amide bonds. The Balaban J connectivity index is 0.000000116. The highest BCUT2D eigenvalue weighted by Crippen LogP contribution is 2.54. The molecule has 4 heterocycles. The molecule has 0 bridgehead atoms. The highest BCUT2D eigenvalue weighted by atomic mass is 14.9. The summed E-state index contributed by atoms with van der Waals surface area (Å²) in [5.41, 5.74) is 37.5. The summed E-state index contributed by atoms with van der Waals surface area (Å²) in [4.78, 5) is 0. The second-order valence-electron chi connectivity index (χ2n) is 28.5. The van der Waals surface area contributed by atoms with Gasteiger partial charge in [-0.25, -0.2) is 18.3 Å². The smallest absolute Gasteiger partial charge is 0.201 e. The fourth-order valence-electron chi connectivity index (χ4n) is 15.9. The van der Waals surface area contributed by atoms with Gasteiger partial charge in [0.05, 0.1) is 4.11 Å². The third-order valence-electron chi connectivity index (χ3n) is 21.1. The van der Waals surface area contributed by atoms with Crippen LogP contribution in [0.2, 0.25) is 0 Å².